The summed E-state index contributed by atoms with van der Waals surface area (Å²) >= 11 is 3.31. The number of carbonyl (C=O) groups excluding carboxylic acids is 1. The molecule has 0 saturated heterocycles. The second-order valence-corrected chi connectivity index (χ2v) is 7.06. The van der Waals surface area contributed by atoms with Crippen LogP contribution < -0.4 is 0 Å². The lowest BCUT2D eigenvalue weighted by Crippen LogP contribution is -2.43. The van der Waals surface area contributed by atoms with Crippen LogP contribution in [0.2, 0.25) is 0 Å². The molecule has 1 aromatic rings. The Morgan fingerprint density at radius 2 is 1.96 bits per heavy atom. The number of halogens is 1. The third-order valence-corrected chi connectivity index (χ3v) is 3.21. The van der Waals surface area contributed by atoms with Crippen molar-refractivity contribution in [1.29, 1.82) is 0 Å². The Kier molecular flexibility index (Phi) is 8.58. The van der Waals surface area contributed by atoms with Crippen LogP contribution in [0.3, 0.4) is 0 Å². The number of aliphatic hydroxyl groups is 1. The van der Waals surface area contributed by atoms with Gasteiger partial charge in [0.2, 0.25) is 0 Å². The molecule has 0 fully saturated rings. The molecule has 0 radical (unpaired) electrons. The Labute approximate surface area is 146 Å². The van der Waals surface area contributed by atoms with E-state index >= 15 is 0 Å². The van der Waals surface area contributed by atoms with Crippen molar-refractivity contribution in [3.05, 3.63) is 35.9 Å². The molecular formula is C17H26BrNO4. The van der Waals surface area contributed by atoms with Crippen LogP contribution in [0, 0.1) is 0 Å². The molecule has 130 valence electrons. The standard InChI is InChI=1S/C17H26BrNO4/c1-17(2,3)23-16(21)19(10-9-18)11-15(20)13-22-12-14-7-5-4-6-8-14/h4-8,15,20H,9-13H2,1-3H3/t15-/m0/s1. The number of benzene rings is 1. The second kappa shape index (κ2) is 9.90. The van der Waals surface area contributed by atoms with Crippen molar-refractivity contribution >= 4 is 22.0 Å². The van der Waals surface area contributed by atoms with Gasteiger partial charge in [-0.2, -0.15) is 0 Å². The molecule has 0 aliphatic heterocycles. The molecule has 0 aliphatic carbocycles. The lowest BCUT2D eigenvalue weighted by molar-refractivity contribution is -0.00678. The molecule has 5 nitrogen and oxygen atoms in total. The molecule has 0 aromatic heterocycles. The van der Waals surface area contributed by atoms with E-state index in [-0.39, 0.29) is 13.2 Å². The average molecular weight is 388 g/mol. The van der Waals surface area contributed by atoms with E-state index in [1.807, 2.05) is 51.1 Å². The van der Waals surface area contributed by atoms with Crippen molar-refractivity contribution in [2.75, 3.05) is 25.0 Å². The molecule has 0 heterocycles. The molecule has 1 aromatic carbocycles. The highest BCUT2D eigenvalue weighted by molar-refractivity contribution is 9.09. The summed E-state index contributed by atoms with van der Waals surface area (Å²) in [5.41, 5.74) is 0.486. The molecule has 0 unspecified atom stereocenters. The fourth-order valence-electron chi connectivity index (χ4n) is 1.88. The lowest BCUT2D eigenvalue weighted by atomic mass is 10.2. The third kappa shape index (κ3) is 8.93. The van der Waals surface area contributed by atoms with Crippen molar-refractivity contribution in [2.24, 2.45) is 0 Å². The number of ether oxygens (including phenoxy) is 2. The number of aliphatic hydroxyl groups excluding tert-OH is 1. The van der Waals surface area contributed by atoms with Gasteiger partial charge in [-0.3, -0.25) is 0 Å². The van der Waals surface area contributed by atoms with Crippen molar-refractivity contribution in [3.63, 3.8) is 0 Å². The molecule has 6 heteroatoms. The van der Waals surface area contributed by atoms with Crippen LogP contribution in [0.1, 0.15) is 26.3 Å². The van der Waals surface area contributed by atoms with Crippen LogP contribution >= 0.6 is 15.9 Å². The Balaban J connectivity index is 2.41. The van der Waals surface area contributed by atoms with Gasteiger partial charge in [-0.05, 0) is 26.3 Å². The summed E-state index contributed by atoms with van der Waals surface area (Å²) < 4.78 is 10.8. The van der Waals surface area contributed by atoms with Crippen LogP contribution in [-0.2, 0) is 16.1 Å². The minimum absolute atomic E-state index is 0.163. The first-order chi connectivity index (χ1) is 10.8. The molecule has 1 N–H and O–H groups in total. The predicted octanol–water partition coefficient (Wildman–Crippen LogP) is 3.20. The van der Waals surface area contributed by atoms with E-state index < -0.39 is 17.8 Å². The highest BCUT2D eigenvalue weighted by Crippen LogP contribution is 2.11. The van der Waals surface area contributed by atoms with Gasteiger partial charge in [-0.25, -0.2) is 4.79 Å². The fourth-order valence-corrected chi connectivity index (χ4v) is 2.31. The van der Waals surface area contributed by atoms with Gasteiger partial charge < -0.3 is 19.5 Å². The lowest BCUT2D eigenvalue weighted by Gasteiger charge is -2.28. The average Bonchev–Trinajstić information content (AvgIpc) is 2.46. The van der Waals surface area contributed by atoms with Gasteiger partial charge in [-0.15, -0.1) is 0 Å². The number of amides is 1. The number of alkyl halides is 1. The van der Waals surface area contributed by atoms with Crippen LogP contribution in [0.15, 0.2) is 30.3 Å². The van der Waals surface area contributed by atoms with E-state index in [1.165, 1.54) is 4.90 Å². The zero-order chi connectivity index (χ0) is 17.3. The molecule has 0 saturated carbocycles. The summed E-state index contributed by atoms with van der Waals surface area (Å²) in [6.45, 7) is 6.68. The normalized spacial score (nSPS) is 12.7. The quantitative estimate of drug-likeness (QED) is 0.695. The van der Waals surface area contributed by atoms with Crippen LogP contribution in [0.25, 0.3) is 0 Å². The van der Waals surface area contributed by atoms with Crippen molar-refractivity contribution in [2.45, 2.75) is 39.1 Å². The zero-order valence-electron chi connectivity index (χ0n) is 14.0. The first-order valence-corrected chi connectivity index (χ1v) is 8.77. The SMILES string of the molecule is CC(C)(C)OC(=O)N(CCBr)C[C@H](O)COCc1ccccc1. The summed E-state index contributed by atoms with van der Waals surface area (Å²) in [6, 6.07) is 9.75. The molecule has 0 aliphatic rings. The molecule has 0 bridgehead atoms. The van der Waals surface area contributed by atoms with Gasteiger partial charge in [0.25, 0.3) is 0 Å². The Morgan fingerprint density at radius 3 is 2.52 bits per heavy atom. The molecular weight excluding hydrogens is 362 g/mol. The Morgan fingerprint density at radius 1 is 1.30 bits per heavy atom. The summed E-state index contributed by atoms with van der Waals surface area (Å²) in [4.78, 5) is 13.6. The number of rotatable bonds is 8. The summed E-state index contributed by atoms with van der Waals surface area (Å²) in [5.74, 6) is 0. The maximum Gasteiger partial charge on any atom is 0.410 e. The number of carbonyl (C=O) groups is 1. The third-order valence-electron chi connectivity index (χ3n) is 2.86. The largest absolute Gasteiger partial charge is 0.444 e. The van der Waals surface area contributed by atoms with E-state index in [2.05, 4.69) is 15.9 Å². The van der Waals surface area contributed by atoms with E-state index in [1.54, 1.807) is 0 Å². The summed E-state index contributed by atoms with van der Waals surface area (Å²) in [7, 11) is 0. The zero-order valence-corrected chi connectivity index (χ0v) is 15.6. The van der Waals surface area contributed by atoms with Gasteiger partial charge in [0.15, 0.2) is 0 Å². The Hall–Kier alpha value is -1.11. The Bertz CT molecular complexity index is 461. The number of nitrogens with zero attached hydrogens (tertiary/aromatic N) is 1. The van der Waals surface area contributed by atoms with Crippen LogP contribution in [0.5, 0.6) is 0 Å². The number of hydrogen-bond acceptors (Lipinski definition) is 4. The summed E-state index contributed by atoms with van der Waals surface area (Å²) in [5, 5.41) is 10.7. The van der Waals surface area contributed by atoms with Gasteiger partial charge >= 0.3 is 6.09 Å². The van der Waals surface area contributed by atoms with Gasteiger partial charge in [-0.1, -0.05) is 46.3 Å². The molecule has 1 atom stereocenters. The fraction of sp³-hybridized carbons (Fsp3) is 0.588. The highest BCUT2D eigenvalue weighted by atomic mass is 79.9. The van der Waals surface area contributed by atoms with Gasteiger partial charge in [0, 0.05) is 11.9 Å². The van der Waals surface area contributed by atoms with E-state index in [9.17, 15) is 9.90 Å². The van der Waals surface area contributed by atoms with Crippen molar-refractivity contribution in [3.8, 4) is 0 Å². The van der Waals surface area contributed by atoms with Gasteiger partial charge in [0.1, 0.15) is 5.60 Å². The second-order valence-electron chi connectivity index (χ2n) is 6.27. The first-order valence-electron chi connectivity index (χ1n) is 7.65. The van der Waals surface area contributed by atoms with Gasteiger partial charge in [0.05, 0.1) is 25.9 Å². The maximum absolute atomic E-state index is 12.1. The monoisotopic (exact) mass is 387 g/mol. The summed E-state index contributed by atoms with van der Waals surface area (Å²) in [6.07, 6.45) is -1.19. The van der Waals surface area contributed by atoms with E-state index in [0.717, 1.165) is 5.56 Å². The minimum atomic E-state index is -0.759. The van der Waals surface area contributed by atoms with Crippen LogP contribution in [0.4, 0.5) is 4.79 Å². The molecule has 1 rings (SSSR count). The molecule has 0 spiro atoms. The molecule has 23 heavy (non-hydrogen) atoms. The predicted molar refractivity (Wildman–Crippen MR) is 93.7 cm³/mol. The van der Waals surface area contributed by atoms with E-state index in [4.69, 9.17) is 9.47 Å². The number of hydrogen-bond donors (Lipinski definition) is 1. The van der Waals surface area contributed by atoms with E-state index in [0.29, 0.717) is 18.5 Å². The maximum atomic E-state index is 12.1. The smallest absolute Gasteiger partial charge is 0.410 e. The van der Waals surface area contributed by atoms with Crippen molar-refractivity contribution in [1.82, 2.24) is 4.90 Å². The topological polar surface area (TPSA) is 59.0 Å². The van der Waals surface area contributed by atoms with Crippen molar-refractivity contribution < 1.29 is 19.4 Å². The minimum Gasteiger partial charge on any atom is -0.444 e. The first kappa shape index (κ1) is 19.9. The molecule has 1 amide bonds. The highest BCUT2D eigenvalue weighted by Gasteiger charge is 2.23. The van der Waals surface area contributed by atoms with Crippen LogP contribution in [-0.4, -0.2) is 52.8 Å².